The number of guanidine groups is 1. The Hall–Kier alpha value is -2.40. The first-order valence-electron chi connectivity index (χ1n) is 10.5. The molecule has 0 saturated carbocycles. The summed E-state index contributed by atoms with van der Waals surface area (Å²) in [4.78, 5) is 10.9. The van der Waals surface area contributed by atoms with Crippen molar-refractivity contribution >= 4 is 29.9 Å². The van der Waals surface area contributed by atoms with Crippen LogP contribution in [0.2, 0.25) is 0 Å². The molecule has 8 nitrogen and oxygen atoms in total. The molecule has 2 N–H and O–H groups in total. The third-order valence-electron chi connectivity index (χ3n) is 5.47. The van der Waals surface area contributed by atoms with Gasteiger partial charge in [-0.15, -0.1) is 24.0 Å². The highest BCUT2D eigenvalue weighted by Crippen LogP contribution is 2.24. The molecule has 1 fully saturated rings. The van der Waals surface area contributed by atoms with E-state index >= 15 is 0 Å². The number of hydrogen-bond donors (Lipinski definition) is 2. The predicted molar refractivity (Wildman–Crippen MR) is 132 cm³/mol. The first kappa shape index (κ1) is 23.3. The summed E-state index contributed by atoms with van der Waals surface area (Å²) in [5, 5.41) is 11.0. The second kappa shape index (κ2) is 11.8. The molecule has 31 heavy (non-hydrogen) atoms. The van der Waals surface area contributed by atoms with Gasteiger partial charge in [0.2, 0.25) is 0 Å². The summed E-state index contributed by atoms with van der Waals surface area (Å²) in [6, 6.07) is 12.5. The van der Waals surface area contributed by atoms with E-state index in [0.29, 0.717) is 6.54 Å². The van der Waals surface area contributed by atoms with Crippen LogP contribution in [0.5, 0.6) is 0 Å². The Kier molecular flexibility index (Phi) is 8.89. The van der Waals surface area contributed by atoms with Crippen molar-refractivity contribution in [1.29, 1.82) is 0 Å². The molecule has 1 aliphatic rings. The molecule has 3 heterocycles. The second-order valence-corrected chi connectivity index (χ2v) is 7.44. The minimum Gasteiger partial charge on any atom is -0.468 e. The molecule has 0 bridgehead atoms. The molecule has 1 aliphatic heterocycles. The monoisotopic (exact) mass is 535 g/mol. The molecule has 1 saturated heterocycles. The van der Waals surface area contributed by atoms with Gasteiger partial charge in [-0.2, -0.15) is 5.10 Å². The van der Waals surface area contributed by atoms with E-state index in [1.165, 1.54) is 31.2 Å². The third-order valence-corrected chi connectivity index (χ3v) is 5.47. The van der Waals surface area contributed by atoms with Crippen LogP contribution < -0.4 is 10.6 Å². The maximum atomic E-state index is 5.73. The fourth-order valence-electron chi connectivity index (χ4n) is 3.83. The van der Waals surface area contributed by atoms with Crippen molar-refractivity contribution < 1.29 is 4.42 Å². The molecule has 9 heteroatoms. The number of furan rings is 1. The third kappa shape index (κ3) is 6.30. The van der Waals surface area contributed by atoms with E-state index in [1.54, 1.807) is 24.3 Å². The van der Waals surface area contributed by atoms with E-state index < -0.39 is 0 Å². The lowest BCUT2D eigenvalue weighted by molar-refractivity contribution is 0.146. The highest BCUT2D eigenvalue weighted by Gasteiger charge is 2.24. The van der Waals surface area contributed by atoms with Gasteiger partial charge in [-0.25, -0.2) is 9.67 Å². The summed E-state index contributed by atoms with van der Waals surface area (Å²) < 4.78 is 7.48. The Morgan fingerprint density at radius 3 is 2.58 bits per heavy atom. The number of aromatic nitrogens is 3. The van der Waals surface area contributed by atoms with Gasteiger partial charge in [0.05, 0.1) is 18.0 Å². The van der Waals surface area contributed by atoms with Gasteiger partial charge in [0, 0.05) is 20.1 Å². The van der Waals surface area contributed by atoms with Crippen molar-refractivity contribution in [3.63, 3.8) is 0 Å². The highest BCUT2D eigenvalue weighted by atomic mass is 127. The summed E-state index contributed by atoms with van der Waals surface area (Å²) in [5.74, 6) is 1.78. The minimum atomic E-state index is 0. The molecule has 0 radical (unpaired) electrons. The zero-order chi connectivity index (χ0) is 20.6. The maximum absolute atomic E-state index is 5.73. The fourth-order valence-corrected chi connectivity index (χ4v) is 3.83. The molecule has 0 amide bonds. The summed E-state index contributed by atoms with van der Waals surface area (Å²) in [6.45, 7) is 3.65. The van der Waals surface area contributed by atoms with Crippen LogP contribution in [0.1, 0.15) is 36.6 Å². The lowest BCUT2D eigenvalue weighted by Crippen LogP contribution is -2.44. The SMILES string of the molecule is CN=C(NCc1ccc(-n2cncn2)cc1)NCC(c1ccco1)N1CCCCC1.I. The molecule has 166 valence electrons. The number of hydrogen-bond acceptors (Lipinski definition) is 5. The standard InChI is InChI=1S/C22H29N7O.HI/c1-23-22(25-14-18-7-9-19(10-8-18)29-17-24-16-27-29)26-15-20(21-6-5-13-30-21)28-11-3-2-4-12-28;/h5-10,13,16-17,20H,2-4,11-12,14-15H2,1H3,(H2,23,25,26);1H. The van der Waals surface area contributed by atoms with Gasteiger partial charge in [-0.05, 0) is 55.8 Å². The molecule has 0 spiro atoms. The van der Waals surface area contributed by atoms with Crippen molar-refractivity contribution in [3.05, 3.63) is 66.6 Å². The zero-order valence-corrected chi connectivity index (χ0v) is 20.1. The van der Waals surface area contributed by atoms with Gasteiger partial charge in [0.25, 0.3) is 0 Å². The van der Waals surface area contributed by atoms with Crippen LogP contribution in [0, 0.1) is 0 Å². The Morgan fingerprint density at radius 2 is 1.94 bits per heavy atom. The quantitative estimate of drug-likeness (QED) is 0.274. The molecule has 1 atom stereocenters. The summed E-state index contributed by atoms with van der Waals surface area (Å²) in [5.41, 5.74) is 2.15. The summed E-state index contributed by atoms with van der Waals surface area (Å²) >= 11 is 0. The Balaban J connectivity index is 0.00000272. The van der Waals surface area contributed by atoms with E-state index in [-0.39, 0.29) is 30.0 Å². The van der Waals surface area contributed by atoms with E-state index in [0.717, 1.165) is 37.0 Å². The van der Waals surface area contributed by atoms with Gasteiger partial charge >= 0.3 is 0 Å². The topological polar surface area (TPSA) is 83.5 Å². The number of halogens is 1. The molecule has 3 aromatic rings. The Morgan fingerprint density at radius 1 is 1.13 bits per heavy atom. The largest absolute Gasteiger partial charge is 0.468 e. The molecule has 1 unspecified atom stereocenters. The first-order chi connectivity index (χ1) is 14.8. The zero-order valence-electron chi connectivity index (χ0n) is 17.8. The number of aliphatic imine (C=N–C) groups is 1. The fraction of sp³-hybridized carbons (Fsp3) is 0.409. The number of benzene rings is 1. The summed E-state index contributed by atoms with van der Waals surface area (Å²) in [7, 11) is 1.80. The van der Waals surface area contributed by atoms with Crippen molar-refractivity contribution in [2.24, 2.45) is 4.99 Å². The molecular formula is C22H30IN7O. The van der Waals surface area contributed by atoms with Crippen LogP contribution in [0.4, 0.5) is 0 Å². The van der Waals surface area contributed by atoms with Gasteiger partial charge in [0.1, 0.15) is 18.4 Å². The smallest absolute Gasteiger partial charge is 0.191 e. The van der Waals surface area contributed by atoms with Crippen LogP contribution in [-0.4, -0.2) is 52.3 Å². The Labute approximate surface area is 200 Å². The second-order valence-electron chi connectivity index (χ2n) is 7.44. The van der Waals surface area contributed by atoms with Crippen molar-refractivity contribution in [2.75, 3.05) is 26.7 Å². The molecule has 0 aliphatic carbocycles. The van der Waals surface area contributed by atoms with Gasteiger partial charge < -0.3 is 15.1 Å². The number of nitrogens with zero attached hydrogens (tertiary/aromatic N) is 5. The Bertz CT molecular complexity index is 904. The number of likely N-dealkylation sites (tertiary alicyclic amines) is 1. The molecule has 2 aromatic heterocycles. The van der Waals surface area contributed by atoms with Gasteiger partial charge in [-0.1, -0.05) is 18.6 Å². The average Bonchev–Trinajstić information content (AvgIpc) is 3.52. The van der Waals surface area contributed by atoms with Crippen LogP contribution in [0.15, 0.2) is 64.7 Å². The minimum absolute atomic E-state index is 0. The van der Waals surface area contributed by atoms with E-state index in [9.17, 15) is 0 Å². The number of rotatable bonds is 7. The highest BCUT2D eigenvalue weighted by molar-refractivity contribution is 14.0. The van der Waals surface area contributed by atoms with Crippen molar-refractivity contribution in [3.8, 4) is 5.69 Å². The van der Waals surface area contributed by atoms with Gasteiger partial charge in [-0.3, -0.25) is 9.89 Å². The van der Waals surface area contributed by atoms with Crippen LogP contribution >= 0.6 is 24.0 Å². The lowest BCUT2D eigenvalue weighted by atomic mass is 10.1. The van der Waals surface area contributed by atoms with Crippen molar-refractivity contribution in [1.82, 2.24) is 30.3 Å². The van der Waals surface area contributed by atoms with Crippen LogP contribution in [-0.2, 0) is 6.54 Å². The molecule has 4 rings (SSSR count). The van der Waals surface area contributed by atoms with Crippen molar-refractivity contribution in [2.45, 2.75) is 31.8 Å². The maximum Gasteiger partial charge on any atom is 0.191 e. The summed E-state index contributed by atoms with van der Waals surface area (Å²) in [6.07, 6.45) is 8.78. The van der Waals surface area contributed by atoms with Crippen LogP contribution in [0.25, 0.3) is 5.69 Å². The number of nitrogens with one attached hydrogen (secondary N) is 2. The molecular weight excluding hydrogens is 505 g/mol. The van der Waals surface area contributed by atoms with E-state index in [4.69, 9.17) is 4.42 Å². The van der Waals surface area contributed by atoms with Gasteiger partial charge in [0.15, 0.2) is 5.96 Å². The average molecular weight is 535 g/mol. The van der Waals surface area contributed by atoms with E-state index in [2.05, 4.69) is 48.8 Å². The lowest BCUT2D eigenvalue weighted by Gasteiger charge is -2.33. The van der Waals surface area contributed by atoms with E-state index in [1.807, 2.05) is 18.2 Å². The molecule has 1 aromatic carbocycles. The normalized spacial score (nSPS) is 15.8. The predicted octanol–water partition coefficient (Wildman–Crippen LogP) is 3.37. The number of piperidine rings is 1. The van der Waals surface area contributed by atoms with Crippen LogP contribution in [0.3, 0.4) is 0 Å². The first-order valence-corrected chi connectivity index (χ1v) is 10.5.